The van der Waals surface area contributed by atoms with Crippen LogP contribution in [0.15, 0.2) is 12.3 Å². The quantitative estimate of drug-likeness (QED) is 0.220. The molecule has 3 heterocycles. The van der Waals surface area contributed by atoms with E-state index < -0.39 is 60.3 Å². The second-order valence-corrected chi connectivity index (χ2v) is 12.2. The first-order valence-electron chi connectivity index (χ1n) is 13.5. The second-order valence-electron chi connectivity index (χ2n) is 11.1. The van der Waals surface area contributed by atoms with Crippen LogP contribution in [0.3, 0.4) is 0 Å². The van der Waals surface area contributed by atoms with E-state index in [1.165, 1.54) is 18.3 Å². The van der Waals surface area contributed by atoms with Crippen LogP contribution in [0.5, 0.6) is 0 Å². The highest BCUT2D eigenvalue weighted by Crippen LogP contribution is 2.47. The molecule has 4 atom stereocenters. The number of thiazole rings is 1. The molecule has 2 fully saturated rings. The number of hydrogen-bond donors (Lipinski definition) is 5. The molecule has 3 aromatic rings. The Bertz CT molecular complexity index is 1500. The smallest absolute Gasteiger partial charge is 0.390 e. The molecule has 2 aliphatic carbocycles. The molecule has 0 bridgehead atoms. The van der Waals surface area contributed by atoms with Crippen LogP contribution in [0.25, 0.3) is 20.8 Å². The molecule has 0 aromatic carbocycles. The van der Waals surface area contributed by atoms with Gasteiger partial charge in [-0.2, -0.15) is 35.7 Å². The number of alkyl halides is 7. The lowest BCUT2D eigenvalue weighted by Crippen LogP contribution is -2.55. The van der Waals surface area contributed by atoms with E-state index in [1.54, 1.807) is 24.5 Å². The SMILES string of the molecule is Cc1nc(NCC(F)(F)C(F)(F)C(F)(F)F)nc(N[C@@H]2C[C@H](C3(O)CCCC3)[C@@H](O)[C@H]2O)c1-c1nc2c(C)nccc2s1. The predicted octanol–water partition coefficient (Wildman–Crippen LogP) is 4.84. The summed E-state index contributed by atoms with van der Waals surface area (Å²) in [6, 6.07) is 0.814. The fourth-order valence-electron chi connectivity index (χ4n) is 5.85. The summed E-state index contributed by atoms with van der Waals surface area (Å²) in [7, 11) is 0. The van der Waals surface area contributed by atoms with Gasteiger partial charge in [0.05, 0.1) is 45.9 Å². The first-order chi connectivity index (χ1) is 19.9. The van der Waals surface area contributed by atoms with Crippen molar-refractivity contribution in [1.29, 1.82) is 0 Å². The molecule has 17 heteroatoms. The predicted molar refractivity (Wildman–Crippen MR) is 143 cm³/mol. The average molecular weight is 639 g/mol. The van der Waals surface area contributed by atoms with E-state index in [4.69, 9.17) is 0 Å². The summed E-state index contributed by atoms with van der Waals surface area (Å²) in [5, 5.41) is 37.9. The third kappa shape index (κ3) is 5.60. The monoisotopic (exact) mass is 638 g/mol. The lowest BCUT2D eigenvalue weighted by atomic mass is 9.83. The zero-order valence-electron chi connectivity index (χ0n) is 22.9. The van der Waals surface area contributed by atoms with E-state index in [0.29, 0.717) is 29.1 Å². The van der Waals surface area contributed by atoms with Gasteiger partial charge in [-0.3, -0.25) is 4.98 Å². The number of aromatic nitrogens is 4. The number of aliphatic hydroxyl groups excluding tert-OH is 2. The van der Waals surface area contributed by atoms with Crippen molar-refractivity contribution in [2.45, 2.75) is 87.8 Å². The molecule has 0 spiro atoms. The number of halogens is 7. The maximum absolute atomic E-state index is 14.0. The minimum Gasteiger partial charge on any atom is -0.390 e. The number of aliphatic hydroxyl groups is 3. The molecule has 2 aliphatic rings. The van der Waals surface area contributed by atoms with Crippen LogP contribution in [-0.4, -0.2) is 83.7 Å². The number of fused-ring (bicyclic) bond motifs is 1. The molecule has 0 radical (unpaired) electrons. The van der Waals surface area contributed by atoms with Gasteiger partial charge in [0.25, 0.3) is 0 Å². The van der Waals surface area contributed by atoms with Crippen LogP contribution in [0, 0.1) is 19.8 Å². The number of aryl methyl sites for hydroxylation is 2. The lowest BCUT2D eigenvalue weighted by Gasteiger charge is -2.32. The Morgan fingerprint density at radius 2 is 1.65 bits per heavy atom. The van der Waals surface area contributed by atoms with Crippen LogP contribution in [0.4, 0.5) is 42.5 Å². The second kappa shape index (κ2) is 10.9. The maximum Gasteiger partial charge on any atom is 0.459 e. The minimum absolute atomic E-state index is 0.0964. The third-order valence-corrected chi connectivity index (χ3v) is 9.28. The van der Waals surface area contributed by atoms with Crippen molar-refractivity contribution in [3.63, 3.8) is 0 Å². The van der Waals surface area contributed by atoms with E-state index in [2.05, 4.69) is 25.3 Å². The topological polar surface area (TPSA) is 136 Å². The molecule has 0 amide bonds. The standard InChI is InChI=1S/C26H29F7N6O3S/c1-11-16(21-38-17-12(2)34-8-5-15(17)43-21)20(37-14-9-13(18(40)19(14)41)23(42)6-3-4-7-23)39-22(36-11)35-10-24(27,28)25(29,30)26(31,32)33/h5,8,13-14,18-19,40-42H,3-4,6-7,9-10H2,1-2H3,(H2,35,36,37,39)/t13-,14+,18+,19-/m0/s1. The molecule has 0 aliphatic heterocycles. The first-order valence-corrected chi connectivity index (χ1v) is 14.3. The van der Waals surface area contributed by atoms with Gasteiger partial charge in [0.15, 0.2) is 0 Å². The minimum atomic E-state index is -6.50. The summed E-state index contributed by atoms with van der Waals surface area (Å²) in [5.41, 5.74) is 0.337. The summed E-state index contributed by atoms with van der Waals surface area (Å²) >= 11 is 1.21. The maximum atomic E-state index is 14.0. The molecule has 5 rings (SSSR count). The highest BCUT2D eigenvalue weighted by Gasteiger charge is 2.72. The normalized spacial score (nSPS) is 24.6. The summed E-state index contributed by atoms with van der Waals surface area (Å²) in [4.78, 5) is 16.9. The third-order valence-electron chi connectivity index (χ3n) is 8.24. The summed E-state index contributed by atoms with van der Waals surface area (Å²) < 4.78 is 93.7. The number of rotatable bonds is 8. The number of nitrogens with zero attached hydrogens (tertiary/aromatic N) is 4. The van der Waals surface area contributed by atoms with Gasteiger partial charge in [0.2, 0.25) is 5.95 Å². The Morgan fingerprint density at radius 3 is 2.28 bits per heavy atom. The van der Waals surface area contributed by atoms with Gasteiger partial charge in [0.1, 0.15) is 22.4 Å². The Labute approximate surface area is 244 Å². The number of anilines is 2. The molecule has 0 unspecified atom stereocenters. The van der Waals surface area contributed by atoms with Crippen LogP contribution in [0.2, 0.25) is 0 Å². The van der Waals surface area contributed by atoms with Gasteiger partial charge in [-0.15, -0.1) is 11.3 Å². The van der Waals surface area contributed by atoms with Gasteiger partial charge in [-0.1, -0.05) is 12.8 Å². The van der Waals surface area contributed by atoms with E-state index in [1.807, 2.05) is 0 Å². The zero-order chi connectivity index (χ0) is 31.5. The van der Waals surface area contributed by atoms with Crippen molar-refractivity contribution < 1.29 is 46.1 Å². The fourth-order valence-corrected chi connectivity index (χ4v) is 6.96. The number of pyridine rings is 1. The number of hydrogen-bond acceptors (Lipinski definition) is 10. The largest absolute Gasteiger partial charge is 0.459 e. The van der Waals surface area contributed by atoms with Crippen molar-refractivity contribution in [1.82, 2.24) is 19.9 Å². The highest BCUT2D eigenvalue weighted by atomic mass is 32.1. The molecular formula is C26H29F7N6O3S. The Kier molecular flexibility index (Phi) is 8.01. The summed E-state index contributed by atoms with van der Waals surface area (Å²) in [6.07, 6.45) is -5.12. The Morgan fingerprint density at radius 1 is 0.977 bits per heavy atom. The first kappa shape index (κ1) is 31.5. The molecule has 3 aromatic heterocycles. The Balaban J connectivity index is 1.51. The van der Waals surface area contributed by atoms with Gasteiger partial charge >= 0.3 is 18.0 Å². The molecule has 5 N–H and O–H groups in total. The van der Waals surface area contributed by atoms with Gasteiger partial charge in [-0.25, -0.2) is 9.97 Å². The van der Waals surface area contributed by atoms with E-state index in [0.717, 1.165) is 17.5 Å². The fraction of sp³-hybridized carbons (Fsp3) is 0.615. The van der Waals surface area contributed by atoms with Crippen LogP contribution in [0.1, 0.15) is 43.5 Å². The van der Waals surface area contributed by atoms with Crippen molar-refractivity contribution in [2.24, 2.45) is 5.92 Å². The average Bonchev–Trinajstić information content (AvgIpc) is 3.62. The van der Waals surface area contributed by atoms with Crippen molar-refractivity contribution >= 4 is 33.3 Å². The summed E-state index contributed by atoms with van der Waals surface area (Å²) in [5.74, 6) is -13.3. The van der Waals surface area contributed by atoms with E-state index in [9.17, 15) is 46.1 Å². The van der Waals surface area contributed by atoms with Crippen LogP contribution in [-0.2, 0) is 0 Å². The molecular weight excluding hydrogens is 609 g/mol. The van der Waals surface area contributed by atoms with Crippen molar-refractivity contribution in [3.05, 3.63) is 23.7 Å². The molecule has 43 heavy (non-hydrogen) atoms. The van der Waals surface area contributed by atoms with E-state index in [-0.39, 0.29) is 23.5 Å². The van der Waals surface area contributed by atoms with Crippen LogP contribution < -0.4 is 10.6 Å². The number of nitrogens with one attached hydrogen (secondary N) is 2. The van der Waals surface area contributed by atoms with Gasteiger partial charge in [0, 0.05) is 12.1 Å². The van der Waals surface area contributed by atoms with Crippen LogP contribution >= 0.6 is 11.3 Å². The zero-order valence-corrected chi connectivity index (χ0v) is 23.7. The van der Waals surface area contributed by atoms with Gasteiger partial charge < -0.3 is 26.0 Å². The molecule has 2 saturated carbocycles. The van der Waals surface area contributed by atoms with Gasteiger partial charge in [-0.05, 0) is 39.2 Å². The van der Waals surface area contributed by atoms with Crippen molar-refractivity contribution in [2.75, 3.05) is 17.2 Å². The summed E-state index contributed by atoms with van der Waals surface area (Å²) in [6.45, 7) is 1.04. The molecule has 236 valence electrons. The highest BCUT2D eigenvalue weighted by molar-refractivity contribution is 7.21. The molecule has 0 saturated heterocycles. The lowest BCUT2D eigenvalue weighted by molar-refractivity contribution is -0.350. The Hall–Kier alpha value is -2.89. The molecule has 9 nitrogen and oxygen atoms in total. The van der Waals surface area contributed by atoms with E-state index >= 15 is 0 Å². The van der Waals surface area contributed by atoms with Crippen molar-refractivity contribution in [3.8, 4) is 10.6 Å².